The number of thioether (sulfide) groups is 1. The molecule has 0 fully saturated rings. The summed E-state index contributed by atoms with van der Waals surface area (Å²) in [5.41, 5.74) is -3.34. The molecule has 20 heavy (non-hydrogen) atoms. The van der Waals surface area contributed by atoms with Crippen LogP contribution in [0.5, 0.6) is 5.75 Å². The number of ether oxygens (including phenoxy) is 1. The van der Waals surface area contributed by atoms with E-state index in [1.54, 1.807) is 12.1 Å². The SMILES string of the molecule is CC(C)(C)NCc1ccc(OCCSC(F)(F)F)cn1. The maximum Gasteiger partial charge on any atom is 0.441 e. The van der Waals surface area contributed by atoms with Gasteiger partial charge >= 0.3 is 5.51 Å². The first-order valence-electron chi connectivity index (χ1n) is 6.19. The Labute approximate surface area is 121 Å². The highest BCUT2D eigenvalue weighted by atomic mass is 32.2. The summed E-state index contributed by atoms with van der Waals surface area (Å²) in [7, 11) is 0. The van der Waals surface area contributed by atoms with Gasteiger partial charge < -0.3 is 10.1 Å². The lowest BCUT2D eigenvalue weighted by molar-refractivity contribution is -0.0329. The first kappa shape index (κ1) is 17.1. The maximum atomic E-state index is 11.9. The molecule has 0 radical (unpaired) electrons. The number of hydrogen-bond acceptors (Lipinski definition) is 4. The summed E-state index contributed by atoms with van der Waals surface area (Å²) in [4.78, 5) is 4.19. The van der Waals surface area contributed by atoms with Gasteiger partial charge in [-0.3, -0.25) is 4.98 Å². The molecule has 1 aromatic rings. The molecule has 0 aromatic carbocycles. The van der Waals surface area contributed by atoms with Crippen LogP contribution in [-0.4, -0.2) is 28.4 Å². The molecule has 0 unspecified atom stereocenters. The molecule has 3 nitrogen and oxygen atoms in total. The number of hydrogen-bond donors (Lipinski definition) is 1. The number of alkyl halides is 3. The maximum absolute atomic E-state index is 11.9. The van der Waals surface area contributed by atoms with Crippen LogP contribution < -0.4 is 10.1 Å². The standard InChI is InChI=1S/C13H19F3N2OS/c1-12(2,3)18-8-10-4-5-11(9-17-10)19-6-7-20-13(14,15)16/h4-5,9,18H,6-8H2,1-3H3. The largest absolute Gasteiger partial charge is 0.491 e. The Morgan fingerprint density at radius 3 is 2.45 bits per heavy atom. The predicted octanol–water partition coefficient (Wildman–Crippen LogP) is 3.60. The number of pyridine rings is 1. The normalized spacial score (nSPS) is 12.5. The van der Waals surface area contributed by atoms with E-state index >= 15 is 0 Å². The Morgan fingerprint density at radius 1 is 1.25 bits per heavy atom. The number of nitrogens with zero attached hydrogens (tertiary/aromatic N) is 1. The first-order valence-corrected chi connectivity index (χ1v) is 7.18. The summed E-state index contributed by atoms with van der Waals surface area (Å²) in [5, 5.41) is 3.29. The third kappa shape index (κ3) is 8.27. The summed E-state index contributed by atoms with van der Waals surface area (Å²) in [5.74, 6) is 0.351. The van der Waals surface area contributed by atoms with E-state index in [0.717, 1.165) is 5.69 Å². The molecule has 0 bridgehead atoms. The van der Waals surface area contributed by atoms with Crippen molar-refractivity contribution in [2.75, 3.05) is 12.4 Å². The van der Waals surface area contributed by atoms with Gasteiger partial charge in [0, 0.05) is 17.8 Å². The Kier molecular flexibility index (Phi) is 6.13. The molecule has 0 aliphatic carbocycles. The van der Waals surface area contributed by atoms with Gasteiger partial charge in [0.05, 0.1) is 18.5 Å². The van der Waals surface area contributed by atoms with Gasteiger partial charge in [-0.2, -0.15) is 13.2 Å². The van der Waals surface area contributed by atoms with Crippen molar-refractivity contribution in [3.05, 3.63) is 24.0 Å². The smallest absolute Gasteiger partial charge is 0.441 e. The molecule has 1 aromatic heterocycles. The van der Waals surface area contributed by atoms with E-state index in [4.69, 9.17) is 4.74 Å². The zero-order valence-electron chi connectivity index (χ0n) is 11.8. The molecule has 0 amide bonds. The van der Waals surface area contributed by atoms with Crippen LogP contribution in [0.1, 0.15) is 26.5 Å². The highest BCUT2D eigenvalue weighted by molar-refractivity contribution is 8.00. The molecule has 1 rings (SSSR count). The van der Waals surface area contributed by atoms with Gasteiger partial charge in [0.25, 0.3) is 0 Å². The molecular formula is C13H19F3N2OS. The summed E-state index contributed by atoms with van der Waals surface area (Å²) < 4.78 is 40.9. The van der Waals surface area contributed by atoms with Gasteiger partial charge in [0.2, 0.25) is 0 Å². The van der Waals surface area contributed by atoms with E-state index in [1.807, 2.05) is 0 Å². The van der Waals surface area contributed by atoms with Crippen molar-refractivity contribution in [3.8, 4) is 5.75 Å². The van der Waals surface area contributed by atoms with Crippen LogP contribution >= 0.6 is 11.8 Å². The second kappa shape index (κ2) is 7.17. The number of aromatic nitrogens is 1. The van der Waals surface area contributed by atoms with Crippen LogP contribution in [0.25, 0.3) is 0 Å². The molecule has 0 atom stereocenters. The monoisotopic (exact) mass is 308 g/mol. The van der Waals surface area contributed by atoms with Crippen LogP contribution in [0.2, 0.25) is 0 Å². The zero-order valence-corrected chi connectivity index (χ0v) is 12.6. The van der Waals surface area contributed by atoms with E-state index < -0.39 is 5.51 Å². The summed E-state index contributed by atoms with van der Waals surface area (Å²) in [6, 6.07) is 3.51. The molecular weight excluding hydrogens is 289 g/mol. The van der Waals surface area contributed by atoms with Crippen molar-refractivity contribution in [1.82, 2.24) is 10.3 Å². The Hall–Kier alpha value is -0.950. The second-order valence-corrected chi connectivity index (χ2v) is 6.39. The quantitative estimate of drug-likeness (QED) is 0.814. The third-order valence-electron chi connectivity index (χ3n) is 2.22. The Bertz CT molecular complexity index is 402. The van der Waals surface area contributed by atoms with Crippen LogP contribution in [-0.2, 0) is 6.54 Å². The van der Waals surface area contributed by atoms with E-state index in [9.17, 15) is 13.2 Å². The van der Waals surface area contributed by atoms with Crippen LogP contribution in [0, 0.1) is 0 Å². The van der Waals surface area contributed by atoms with Gasteiger partial charge in [-0.1, -0.05) is 0 Å². The lowest BCUT2D eigenvalue weighted by atomic mass is 10.1. The topological polar surface area (TPSA) is 34.1 Å². The van der Waals surface area contributed by atoms with Gasteiger partial charge in [0.1, 0.15) is 5.75 Å². The van der Waals surface area contributed by atoms with Crippen molar-refractivity contribution < 1.29 is 17.9 Å². The fraction of sp³-hybridized carbons (Fsp3) is 0.615. The van der Waals surface area contributed by atoms with E-state index in [1.165, 1.54) is 6.20 Å². The Balaban J connectivity index is 2.32. The minimum Gasteiger partial charge on any atom is -0.491 e. The highest BCUT2D eigenvalue weighted by Crippen LogP contribution is 2.29. The lowest BCUT2D eigenvalue weighted by Crippen LogP contribution is -2.35. The molecule has 7 heteroatoms. The summed E-state index contributed by atoms with van der Waals surface area (Å²) in [6.07, 6.45) is 1.53. The van der Waals surface area contributed by atoms with E-state index in [0.29, 0.717) is 12.3 Å². The molecule has 1 heterocycles. The number of halogens is 3. The van der Waals surface area contributed by atoms with Gasteiger partial charge in [0.15, 0.2) is 0 Å². The van der Waals surface area contributed by atoms with Crippen molar-refractivity contribution in [3.63, 3.8) is 0 Å². The van der Waals surface area contributed by atoms with Crippen molar-refractivity contribution in [2.24, 2.45) is 0 Å². The van der Waals surface area contributed by atoms with Crippen LogP contribution in [0.15, 0.2) is 18.3 Å². The van der Waals surface area contributed by atoms with Gasteiger partial charge in [-0.15, -0.1) is 0 Å². The first-order chi connectivity index (χ1) is 9.16. The molecule has 0 saturated heterocycles. The lowest BCUT2D eigenvalue weighted by Gasteiger charge is -2.20. The molecule has 114 valence electrons. The Morgan fingerprint density at radius 2 is 1.95 bits per heavy atom. The fourth-order valence-corrected chi connectivity index (χ4v) is 1.67. The second-order valence-electron chi connectivity index (χ2n) is 5.23. The van der Waals surface area contributed by atoms with Crippen molar-refractivity contribution in [2.45, 2.75) is 38.4 Å². The average molecular weight is 308 g/mol. The number of nitrogens with one attached hydrogen (secondary N) is 1. The molecule has 1 N–H and O–H groups in total. The van der Waals surface area contributed by atoms with E-state index in [-0.39, 0.29) is 29.7 Å². The summed E-state index contributed by atoms with van der Waals surface area (Å²) in [6.45, 7) is 6.81. The number of rotatable bonds is 6. The minimum atomic E-state index is -4.20. The molecule has 0 spiro atoms. The fourth-order valence-electron chi connectivity index (χ4n) is 1.27. The van der Waals surface area contributed by atoms with Crippen LogP contribution in [0.3, 0.4) is 0 Å². The molecule has 0 aliphatic rings. The van der Waals surface area contributed by atoms with Crippen molar-refractivity contribution >= 4 is 11.8 Å². The van der Waals surface area contributed by atoms with Crippen LogP contribution in [0.4, 0.5) is 13.2 Å². The summed E-state index contributed by atoms with van der Waals surface area (Å²) >= 11 is -0.0886. The molecule has 0 aliphatic heterocycles. The van der Waals surface area contributed by atoms with E-state index in [2.05, 4.69) is 31.1 Å². The molecule has 0 saturated carbocycles. The zero-order chi connectivity index (χ0) is 15.2. The minimum absolute atomic E-state index is 0.00540. The highest BCUT2D eigenvalue weighted by Gasteiger charge is 2.27. The predicted molar refractivity (Wildman–Crippen MR) is 74.8 cm³/mol. The average Bonchev–Trinajstić information content (AvgIpc) is 2.31. The third-order valence-corrected chi connectivity index (χ3v) is 2.91. The van der Waals surface area contributed by atoms with Gasteiger partial charge in [-0.25, -0.2) is 0 Å². The van der Waals surface area contributed by atoms with Gasteiger partial charge in [-0.05, 0) is 44.7 Å². The van der Waals surface area contributed by atoms with Crippen molar-refractivity contribution in [1.29, 1.82) is 0 Å².